The third-order valence-electron chi connectivity index (χ3n) is 5.82. The highest BCUT2D eigenvalue weighted by Gasteiger charge is 2.19. The number of hydrogen-bond donors (Lipinski definition) is 0. The van der Waals surface area contributed by atoms with E-state index in [1.807, 2.05) is 71.2 Å². The van der Waals surface area contributed by atoms with E-state index in [-0.39, 0.29) is 5.91 Å². The van der Waals surface area contributed by atoms with Crippen molar-refractivity contribution in [2.24, 2.45) is 0 Å². The van der Waals surface area contributed by atoms with Crippen molar-refractivity contribution in [3.63, 3.8) is 0 Å². The molecule has 0 aliphatic carbocycles. The van der Waals surface area contributed by atoms with E-state index < -0.39 is 0 Å². The number of ether oxygens (including phenoxy) is 2. The Kier molecular flexibility index (Phi) is 7.28. The molecule has 0 atom stereocenters. The standard InChI is InChI=1S/C28H29N3O3/c1-4-30(19-22-12-15-26(33-2)27(18-22)34-3)28(32)25-9-6-5-8-24(25)23-13-10-21(11-14-23)20-31-17-7-16-29-31/h5-18H,4,19-20H2,1-3H3. The van der Waals surface area contributed by atoms with Crippen LogP contribution < -0.4 is 9.47 Å². The molecule has 1 amide bonds. The number of amides is 1. The summed E-state index contributed by atoms with van der Waals surface area (Å²) in [5.41, 5.74) is 4.75. The zero-order chi connectivity index (χ0) is 23.9. The van der Waals surface area contributed by atoms with Crippen LogP contribution in [0.15, 0.2) is 85.2 Å². The van der Waals surface area contributed by atoms with Gasteiger partial charge in [-0.1, -0.05) is 48.5 Å². The van der Waals surface area contributed by atoms with Gasteiger partial charge in [0.2, 0.25) is 0 Å². The number of aromatic nitrogens is 2. The van der Waals surface area contributed by atoms with Crippen molar-refractivity contribution >= 4 is 5.91 Å². The maximum absolute atomic E-state index is 13.6. The van der Waals surface area contributed by atoms with Crippen LogP contribution in [0.2, 0.25) is 0 Å². The number of rotatable bonds is 9. The second kappa shape index (κ2) is 10.7. The summed E-state index contributed by atoms with van der Waals surface area (Å²) < 4.78 is 12.6. The molecule has 0 N–H and O–H groups in total. The minimum Gasteiger partial charge on any atom is -0.493 e. The molecule has 4 rings (SSSR count). The normalized spacial score (nSPS) is 10.7. The molecular formula is C28H29N3O3. The third-order valence-corrected chi connectivity index (χ3v) is 5.82. The van der Waals surface area contributed by atoms with Gasteiger partial charge >= 0.3 is 0 Å². The van der Waals surface area contributed by atoms with Crippen LogP contribution in [-0.2, 0) is 13.1 Å². The van der Waals surface area contributed by atoms with E-state index >= 15 is 0 Å². The molecule has 174 valence electrons. The lowest BCUT2D eigenvalue weighted by atomic mass is 9.97. The first-order valence-electron chi connectivity index (χ1n) is 11.3. The molecule has 1 aromatic heterocycles. The van der Waals surface area contributed by atoms with Crippen molar-refractivity contribution < 1.29 is 14.3 Å². The molecule has 0 fully saturated rings. The lowest BCUT2D eigenvalue weighted by molar-refractivity contribution is 0.0753. The molecule has 0 unspecified atom stereocenters. The molecule has 0 saturated carbocycles. The highest BCUT2D eigenvalue weighted by Crippen LogP contribution is 2.29. The van der Waals surface area contributed by atoms with Gasteiger partial charge in [0, 0.05) is 31.0 Å². The van der Waals surface area contributed by atoms with Crippen LogP contribution in [0.25, 0.3) is 11.1 Å². The van der Waals surface area contributed by atoms with Gasteiger partial charge in [0.15, 0.2) is 11.5 Å². The van der Waals surface area contributed by atoms with E-state index in [0.717, 1.165) is 22.3 Å². The summed E-state index contributed by atoms with van der Waals surface area (Å²) in [7, 11) is 3.22. The Labute approximate surface area is 200 Å². The van der Waals surface area contributed by atoms with Gasteiger partial charge in [-0.2, -0.15) is 5.10 Å². The van der Waals surface area contributed by atoms with Crippen LogP contribution in [-0.4, -0.2) is 41.4 Å². The fraction of sp³-hybridized carbons (Fsp3) is 0.214. The molecule has 6 nitrogen and oxygen atoms in total. The average Bonchev–Trinajstić information content (AvgIpc) is 3.40. The van der Waals surface area contributed by atoms with Crippen LogP contribution in [0.1, 0.15) is 28.4 Å². The number of nitrogens with zero attached hydrogens (tertiary/aromatic N) is 3. The first kappa shape index (κ1) is 23.1. The first-order valence-corrected chi connectivity index (χ1v) is 11.3. The quantitative estimate of drug-likeness (QED) is 0.345. The molecule has 1 heterocycles. The molecule has 0 radical (unpaired) electrons. The Morgan fingerprint density at radius 1 is 0.912 bits per heavy atom. The molecule has 0 spiro atoms. The minimum absolute atomic E-state index is 0.00602. The van der Waals surface area contributed by atoms with Crippen LogP contribution in [0.4, 0.5) is 0 Å². The second-order valence-electron chi connectivity index (χ2n) is 7.95. The van der Waals surface area contributed by atoms with Crippen LogP contribution in [0, 0.1) is 0 Å². The number of benzene rings is 3. The minimum atomic E-state index is -0.00602. The number of methoxy groups -OCH3 is 2. The van der Waals surface area contributed by atoms with Crippen LogP contribution in [0.5, 0.6) is 11.5 Å². The molecule has 4 aromatic rings. The van der Waals surface area contributed by atoms with Crippen molar-refractivity contribution in [3.05, 3.63) is 102 Å². The maximum atomic E-state index is 13.6. The summed E-state index contributed by atoms with van der Waals surface area (Å²) >= 11 is 0. The molecular weight excluding hydrogens is 426 g/mol. The Hall–Kier alpha value is -4.06. The topological polar surface area (TPSA) is 56.6 Å². The van der Waals surface area contributed by atoms with Gasteiger partial charge in [-0.3, -0.25) is 9.48 Å². The Balaban J connectivity index is 1.56. The van der Waals surface area contributed by atoms with E-state index in [1.54, 1.807) is 20.4 Å². The van der Waals surface area contributed by atoms with Gasteiger partial charge in [0.05, 0.1) is 20.8 Å². The SMILES string of the molecule is CCN(Cc1ccc(OC)c(OC)c1)C(=O)c1ccccc1-c1ccc(Cn2cccn2)cc1. The number of hydrogen-bond acceptors (Lipinski definition) is 4. The van der Waals surface area contributed by atoms with Crippen molar-refractivity contribution in [3.8, 4) is 22.6 Å². The summed E-state index contributed by atoms with van der Waals surface area (Å²) in [6.45, 7) is 3.77. The van der Waals surface area contributed by atoms with E-state index in [0.29, 0.717) is 36.7 Å². The van der Waals surface area contributed by atoms with Crippen molar-refractivity contribution in [2.45, 2.75) is 20.0 Å². The van der Waals surface area contributed by atoms with Crippen molar-refractivity contribution in [2.75, 3.05) is 20.8 Å². The summed E-state index contributed by atoms with van der Waals surface area (Å²) in [4.78, 5) is 15.4. The fourth-order valence-electron chi connectivity index (χ4n) is 3.99. The smallest absolute Gasteiger partial charge is 0.254 e. The van der Waals surface area contributed by atoms with Crippen LogP contribution >= 0.6 is 0 Å². The molecule has 3 aromatic carbocycles. The van der Waals surface area contributed by atoms with Gasteiger partial charge in [-0.15, -0.1) is 0 Å². The number of carbonyl (C=O) groups is 1. The van der Waals surface area contributed by atoms with Crippen molar-refractivity contribution in [1.82, 2.24) is 14.7 Å². The van der Waals surface area contributed by atoms with Gasteiger partial charge in [-0.25, -0.2) is 0 Å². The van der Waals surface area contributed by atoms with Gasteiger partial charge < -0.3 is 14.4 Å². The predicted octanol–water partition coefficient (Wildman–Crippen LogP) is 5.28. The largest absolute Gasteiger partial charge is 0.493 e. The lowest BCUT2D eigenvalue weighted by Gasteiger charge is -2.23. The molecule has 0 bridgehead atoms. The summed E-state index contributed by atoms with van der Waals surface area (Å²) in [5.74, 6) is 1.31. The second-order valence-corrected chi connectivity index (χ2v) is 7.95. The lowest BCUT2D eigenvalue weighted by Crippen LogP contribution is -2.30. The Morgan fingerprint density at radius 2 is 1.65 bits per heavy atom. The molecule has 0 aliphatic heterocycles. The Bertz CT molecular complexity index is 1230. The summed E-state index contributed by atoms with van der Waals surface area (Å²) in [6, 6.07) is 23.7. The van der Waals surface area contributed by atoms with E-state index in [9.17, 15) is 4.79 Å². The third kappa shape index (κ3) is 5.12. The fourth-order valence-corrected chi connectivity index (χ4v) is 3.99. The highest BCUT2D eigenvalue weighted by atomic mass is 16.5. The summed E-state index contributed by atoms with van der Waals surface area (Å²) in [5, 5.41) is 4.26. The van der Waals surface area contributed by atoms with Gasteiger partial charge in [0.25, 0.3) is 5.91 Å². The van der Waals surface area contributed by atoms with Gasteiger partial charge in [0.1, 0.15) is 0 Å². The van der Waals surface area contributed by atoms with Crippen LogP contribution in [0.3, 0.4) is 0 Å². The summed E-state index contributed by atoms with van der Waals surface area (Å²) in [6.07, 6.45) is 3.72. The molecule has 0 aliphatic rings. The Morgan fingerprint density at radius 3 is 2.32 bits per heavy atom. The highest BCUT2D eigenvalue weighted by molar-refractivity contribution is 6.00. The molecule has 34 heavy (non-hydrogen) atoms. The zero-order valence-electron chi connectivity index (χ0n) is 19.8. The monoisotopic (exact) mass is 455 g/mol. The predicted molar refractivity (Wildman–Crippen MR) is 133 cm³/mol. The maximum Gasteiger partial charge on any atom is 0.254 e. The van der Waals surface area contributed by atoms with Crippen molar-refractivity contribution in [1.29, 1.82) is 0 Å². The van der Waals surface area contributed by atoms with Gasteiger partial charge in [-0.05, 0) is 53.4 Å². The van der Waals surface area contributed by atoms with E-state index in [1.165, 1.54) is 0 Å². The molecule has 0 saturated heterocycles. The number of carbonyl (C=O) groups excluding carboxylic acids is 1. The van der Waals surface area contributed by atoms with E-state index in [2.05, 4.69) is 29.4 Å². The zero-order valence-corrected chi connectivity index (χ0v) is 19.8. The molecule has 6 heteroatoms. The van der Waals surface area contributed by atoms with E-state index in [4.69, 9.17) is 9.47 Å². The average molecular weight is 456 g/mol. The first-order chi connectivity index (χ1) is 16.6.